The highest BCUT2D eigenvalue weighted by molar-refractivity contribution is 6.00. The number of fused-ring (bicyclic) bond motifs is 3. The van der Waals surface area contributed by atoms with E-state index in [1.165, 1.54) is 0 Å². The minimum Gasteiger partial charge on any atom is -0.486 e. The fraction of sp³-hybridized carbons (Fsp3) is 0.526. The average Bonchev–Trinajstić information content (AvgIpc) is 3.25. The van der Waals surface area contributed by atoms with Crippen LogP contribution < -0.4 is 10.1 Å². The van der Waals surface area contributed by atoms with Gasteiger partial charge in [0.25, 0.3) is 0 Å². The molecule has 6 heteroatoms. The lowest BCUT2D eigenvalue weighted by atomic mass is 9.84. The molecule has 2 saturated carbocycles. The molecule has 6 nitrogen and oxygen atoms in total. The minimum atomic E-state index is -0.533. The standard InChI is InChI=1S/C19H20N2O4/c22-13-9-19(25-14-4-2-1-3-11(13)14)6-5-12-16(17(12)19)18(24)21-8-7-20-15(23)10-21/h1-4,12,16-17H,5-10H2,(H,20,23)/t12-,16-,17-,19+/m1/s1. The van der Waals surface area contributed by atoms with Gasteiger partial charge in [0.2, 0.25) is 11.8 Å². The molecule has 0 unspecified atom stereocenters. The number of nitrogens with zero attached hydrogens (tertiary/aromatic N) is 1. The molecule has 2 aliphatic carbocycles. The average molecular weight is 340 g/mol. The number of para-hydroxylation sites is 1. The van der Waals surface area contributed by atoms with E-state index in [1.54, 1.807) is 11.0 Å². The molecule has 1 aromatic rings. The molecule has 1 aromatic carbocycles. The molecular formula is C19H20N2O4. The van der Waals surface area contributed by atoms with Crippen LogP contribution in [0.4, 0.5) is 0 Å². The molecule has 4 atom stereocenters. The van der Waals surface area contributed by atoms with Gasteiger partial charge in [0.15, 0.2) is 5.78 Å². The van der Waals surface area contributed by atoms with Crippen molar-refractivity contribution >= 4 is 17.6 Å². The number of hydrogen-bond acceptors (Lipinski definition) is 4. The zero-order valence-electron chi connectivity index (χ0n) is 13.9. The van der Waals surface area contributed by atoms with E-state index in [0.29, 0.717) is 30.8 Å². The molecule has 5 rings (SSSR count). The smallest absolute Gasteiger partial charge is 0.239 e. The molecule has 2 heterocycles. The Balaban J connectivity index is 1.39. The van der Waals surface area contributed by atoms with Crippen LogP contribution in [0.15, 0.2) is 24.3 Å². The van der Waals surface area contributed by atoms with E-state index in [0.717, 1.165) is 12.8 Å². The molecule has 2 amide bonds. The summed E-state index contributed by atoms with van der Waals surface area (Å²) >= 11 is 0. The van der Waals surface area contributed by atoms with Crippen molar-refractivity contribution in [1.82, 2.24) is 10.2 Å². The van der Waals surface area contributed by atoms with Gasteiger partial charge in [-0.1, -0.05) is 12.1 Å². The number of carbonyl (C=O) groups excluding carboxylic acids is 3. The third kappa shape index (κ3) is 2.12. The van der Waals surface area contributed by atoms with Crippen molar-refractivity contribution in [2.45, 2.75) is 24.9 Å². The predicted octanol–water partition coefficient (Wildman–Crippen LogP) is 1.00. The highest BCUT2D eigenvalue weighted by atomic mass is 16.5. The molecule has 25 heavy (non-hydrogen) atoms. The number of hydrogen-bond donors (Lipinski definition) is 1. The first kappa shape index (κ1) is 14.9. The quantitative estimate of drug-likeness (QED) is 0.828. The second kappa shape index (κ2) is 5.07. The summed E-state index contributed by atoms with van der Waals surface area (Å²) in [4.78, 5) is 38.7. The summed E-state index contributed by atoms with van der Waals surface area (Å²) < 4.78 is 6.32. The Kier molecular flexibility index (Phi) is 3.03. The third-order valence-corrected chi connectivity index (χ3v) is 6.27. The van der Waals surface area contributed by atoms with Gasteiger partial charge in [0.05, 0.1) is 18.5 Å². The first-order valence-corrected chi connectivity index (χ1v) is 8.96. The first-order chi connectivity index (χ1) is 12.1. The number of nitrogens with one attached hydrogen (secondary N) is 1. The van der Waals surface area contributed by atoms with E-state index in [1.807, 2.05) is 18.2 Å². The Morgan fingerprint density at radius 1 is 1.28 bits per heavy atom. The Morgan fingerprint density at radius 3 is 2.96 bits per heavy atom. The summed E-state index contributed by atoms with van der Waals surface area (Å²) in [7, 11) is 0. The number of ketones is 1. The molecule has 0 radical (unpaired) electrons. The van der Waals surface area contributed by atoms with Gasteiger partial charge in [-0.25, -0.2) is 0 Å². The van der Waals surface area contributed by atoms with Crippen LogP contribution in [-0.4, -0.2) is 47.7 Å². The number of ether oxygens (including phenoxy) is 1. The van der Waals surface area contributed by atoms with Gasteiger partial charge in [-0.3, -0.25) is 14.4 Å². The molecular weight excluding hydrogens is 320 g/mol. The highest BCUT2D eigenvalue weighted by Crippen LogP contribution is 2.66. The van der Waals surface area contributed by atoms with Crippen LogP contribution >= 0.6 is 0 Å². The van der Waals surface area contributed by atoms with Crippen molar-refractivity contribution in [3.05, 3.63) is 29.8 Å². The molecule has 0 bridgehead atoms. The summed E-state index contributed by atoms with van der Waals surface area (Å²) in [5.74, 6) is 1.00. The number of Topliss-reactive ketones (excluding diaryl/α,β-unsaturated/α-hetero) is 1. The topological polar surface area (TPSA) is 75.7 Å². The third-order valence-electron chi connectivity index (χ3n) is 6.27. The molecule has 0 aromatic heterocycles. The van der Waals surface area contributed by atoms with Gasteiger partial charge in [-0.15, -0.1) is 0 Å². The Morgan fingerprint density at radius 2 is 2.12 bits per heavy atom. The molecule has 2 aliphatic heterocycles. The van der Waals surface area contributed by atoms with Gasteiger partial charge in [-0.2, -0.15) is 0 Å². The van der Waals surface area contributed by atoms with Crippen molar-refractivity contribution < 1.29 is 19.1 Å². The lowest BCUT2D eigenvalue weighted by molar-refractivity contribution is -0.140. The fourth-order valence-electron chi connectivity index (χ4n) is 5.14. The summed E-state index contributed by atoms with van der Waals surface area (Å²) in [5.41, 5.74) is 0.113. The fourth-order valence-corrected chi connectivity index (χ4v) is 5.14. The SMILES string of the molecule is O=C1CN(C(=O)[C@@H]2[C@H]3CC[C@]4(CC(=O)c5ccccc5O4)[C@H]32)CCN1. The number of benzene rings is 1. The molecule has 130 valence electrons. The van der Waals surface area contributed by atoms with Crippen LogP contribution in [-0.2, 0) is 9.59 Å². The lowest BCUT2D eigenvalue weighted by Gasteiger charge is -2.37. The van der Waals surface area contributed by atoms with E-state index in [4.69, 9.17) is 4.74 Å². The molecule has 4 aliphatic rings. The second-order valence-electron chi connectivity index (χ2n) is 7.63. The Bertz CT molecular complexity index is 791. The van der Waals surface area contributed by atoms with Crippen LogP contribution in [0.2, 0.25) is 0 Å². The molecule has 1 saturated heterocycles. The van der Waals surface area contributed by atoms with E-state index in [9.17, 15) is 14.4 Å². The number of rotatable bonds is 1. The van der Waals surface area contributed by atoms with Crippen molar-refractivity contribution in [2.75, 3.05) is 19.6 Å². The monoisotopic (exact) mass is 340 g/mol. The highest BCUT2D eigenvalue weighted by Gasteiger charge is 2.71. The largest absolute Gasteiger partial charge is 0.486 e. The van der Waals surface area contributed by atoms with Gasteiger partial charge >= 0.3 is 0 Å². The summed E-state index contributed by atoms with van der Waals surface area (Å²) in [6.45, 7) is 1.22. The van der Waals surface area contributed by atoms with E-state index >= 15 is 0 Å². The normalized spacial score (nSPS) is 35.7. The number of amides is 2. The van der Waals surface area contributed by atoms with E-state index < -0.39 is 5.60 Å². The predicted molar refractivity (Wildman–Crippen MR) is 88.0 cm³/mol. The second-order valence-corrected chi connectivity index (χ2v) is 7.63. The zero-order chi connectivity index (χ0) is 17.2. The summed E-state index contributed by atoms with van der Waals surface area (Å²) in [5, 5.41) is 2.75. The maximum atomic E-state index is 12.9. The van der Waals surface area contributed by atoms with Crippen LogP contribution in [0.1, 0.15) is 29.6 Å². The summed E-state index contributed by atoms with van der Waals surface area (Å²) in [6.07, 6.45) is 2.10. The van der Waals surface area contributed by atoms with Crippen LogP contribution in [0, 0.1) is 17.8 Å². The zero-order valence-corrected chi connectivity index (χ0v) is 13.9. The van der Waals surface area contributed by atoms with Crippen molar-refractivity contribution in [3.63, 3.8) is 0 Å². The minimum absolute atomic E-state index is 0.0545. The maximum absolute atomic E-state index is 12.9. The van der Waals surface area contributed by atoms with Gasteiger partial charge in [-0.05, 0) is 30.9 Å². The molecule has 3 fully saturated rings. The molecule has 1 N–H and O–H groups in total. The maximum Gasteiger partial charge on any atom is 0.239 e. The lowest BCUT2D eigenvalue weighted by Crippen LogP contribution is -2.51. The Labute approximate surface area is 145 Å². The van der Waals surface area contributed by atoms with E-state index in [-0.39, 0.29) is 41.9 Å². The number of piperazine rings is 1. The van der Waals surface area contributed by atoms with Crippen LogP contribution in [0.25, 0.3) is 0 Å². The van der Waals surface area contributed by atoms with Gasteiger partial charge in [0.1, 0.15) is 11.4 Å². The van der Waals surface area contributed by atoms with Crippen LogP contribution in [0.3, 0.4) is 0 Å². The Hall–Kier alpha value is -2.37. The molecule has 1 spiro atoms. The summed E-state index contributed by atoms with van der Waals surface area (Å²) in [6, 6.07) is 7.37. The first-order valence-electron chi connectivity index (χ1n) is 8.96. The van der Waals surface area contributed by atoms with Crippen LogP contribution in [0.5, 0.6) is 5.75 Å². The van der Waals surface area contributed by atoms with E-state index in [2.05, 4.69) is 5.32 Å². The number of carbonyl (C=O) groups is 3. The van der Waals surface area contributed by atoms with Gasteiger partial charge < -0.3 is 15.0 Å². The van der Waals surface area contributed by atoms with Gasteiger partial charge in [0, 0.05) is 24.9 Å². The van der Waals surface area contributed by atoms with Crippen molar-refractivity contribution in [3.8, 4) is 5.75 Å². The van der Waals surface area contributed by atoms with Crippen molar-refractivity contribution in [2.24, 2.45) is 17.8 Å². The van der Waals surface area contributed by atoms with Crippen molar-refractivity contribution in [1.29, 1.82) is 0 Å².